The van der Waals surface area contributed by atoms with E-state index < -0.39 is 23.6 Å². The van der Waals surface area contributed by atoms with E-state index in [1.807, 2.05) is 6.07 Å². The van der Waals surface area contributed by atoms with Crippen LogP contribution in [0.25, 0.3) is 11.3 Å². The number of nitrogens with zero attached hydrogens (tertiary/aromatic N) is 3. The molecule has 1 unspecified atom stereocenters. The Morgan fingerprint density at radius 3 is 2.30 bits per heavy atom. The fourth-order valence-corrected chi connectivity index (χ4v) is 2.53. The lowest BCUT2D eigenvalue weighted by Gasteiger charge is -2.28. The first-order valence-electron chi connectivity index (χ1n) is 7.99. The summed E-state index contributed by atoms with van der Waals surface area (Å²) in [5.74, 6) is -1.28. The summed E-state index contributed by atoms with van der Waals surface area (Å²) in [6.45, 7) is 3.53. The van der Waals surface area contributed by atoms with Crippen molar-refractivity contribution in [1.82, 2.24) is 9.78 Å². The predicted molar refractivity (Wildman–Crippen MR) is 92.6 cm³/mol. The van der Waals surface area contributed by atoms with Gasteiger partial charge in [0.25, 0.3) is 0 Å². The molecule has 0 amide bonds. The number of hydrogen-bond acceptors (Lipinski definition) is 5. The zero-order valence-electron chi connectivity index (χ0n) is 15.3. The van der Waals surface area contributed by atoms with E-state index in [4.69, 9.17) is 5.73 Å². The molecule has 0 radical (unpaired) electrons. The van der Waals surface area contributed by atoms with Gasteiger partial charge >= 0.3 is 12.1 Å². The first-order chi connectivity index (χ1) is 12.5. The van der Waals surface area contributed by atoms with Crippen LogP contribution in [-0.4, -0.2) is 29.0 Å². The molecule has 0 spiro atoms. The molecule has 0 saturated carbocycles. The Kier molecular flexibility index (Phi) is 5.22. The number of nitriles is 1. The van der Waals surface area contributed by atoms with Gasteiger partial charge in [0, 0.05) is 5.56 Å². The number of halogens is 3. The summed E-state index contributed by atoms with van der Waals surface area (Å²) in [7, 11) is 1.28. The van der Waals surface area contributed by atoms with Crippen molar-refractivity contribution in [1.29, 1.82) is 5.26 Å². The zero-order chi connectivity index (χ0) is 20.6. The SMILES string of the molecule is COC(=O)C(C)c1ccc(-c2nn(C(C)(C)C(F)(F)F)c(N)c2C#N)cc1. The maximum absolute atomic E-state index is 13.4. The summed E-state index contributed by atoms with van der Waals surface area (Å²) < 4.78 is 45.4. The van der Waals surface area contributed by atoms with Gasteiger partial charge in [-0.3, -0.25) is 4.79 Å². The number of benzene rings is 1. The Balaban J connectivity index is 2.53. The molecule has 0 aliphatic heterocycles. The Labute approximate surface area is 154 Å². The van der Waals surface area contributed by atoms with E-state index in [9.17, 15) is 23.2 Å². The topological polar surface area (TPSA) is 93.9 Å². The minimum atomic E-state index is -4.61. The lowest BCUT2D eigenvalue weighted by Crippen LogP contribution is -2.43. The largest absolute Gasteiger partial charge is 0.469 e. The summed E-state index contributed by atoms with van der Waals surface area (Å²) in [5, 5.41) is 13.3. The van der Waals surface area contributed by atoms with Crippen LogP contribution in [0.3, 0.4) is 0 Å². The van der Waals surface area contributed by atoms with Crippen LogP contribution >= 0.6 is 0 Å². The molecule has 0 aliphatic rings. The van der Waals surface area contributed by atoms with Gasteiger partial charge < -0.3 is 10.5 Å². The number of esters is 1. The van der Waals surface area contributed by atoms with Crippen LogP contribution in [0.1, 0.15) is 37.8 Å². The molecule has 1 aromatic carbocycles. The quantitative estimate of drug-likeness (QED) is 0.819. The predicted octanol–water partition coefficient (Wildman–Crippen LogP) is 3.58. The van der Waals surface area contributed by atoms with Crippen molar-refractivity contribution in [3.8, 4) is 17.3 Å². The molecule has 2 aromatic rings. The molecule has 0 aliphatic carbocycles. The molecule has 9 heteroatoms. The van der Waals surface area contributed by atoms with Crippen LogP contribution in [0.15, 0.2) is 24.3 Å². The second kappa shape index (κ2) is 6.95. The monoisotopic (exact) mass is 380 g/mol. The van der Waals surface area contributed by atoms with E-state index in [0.29, 0.717) is 15.8 Å². The third-order valence-electron chi connectivity index (χ3n) is 4.50. The zero-order valence-corrected chi connectivity index (χ0v) is 15.3. The van der Waals surface area contributed by atoms with E-state index in [2.05, 4.69) is 9.84 Å². The molecule has 2 N–H and O–H groups in total. The molecule has 1 heterocycles. The molecule has 2 rings (SSSR count). The Bertz CT molecular complexity index is 893. The third-order valence-corrected chi connectivity index (χ3v) is 4.50. The molecular formula is C18H19F3N4O2. The molecule has 6 nitrogen and oxygen atoms in total. The van der Waals surface area contributed by atoms with Crippen molar-refractivity contribution in [3.63, 3.8) is 0 Å². The highest BCUT2D eigenvalue weighted by molar-refractivity contribution is 5.78. The van der Waals surface area contributed by atoms with E-state index in [1.165, 1.54) is 7.11 Å². The molecular weight excluding hydrogens is 361 g/mol. The summed E-state index contributed by atoms with van der Waals surface area (Å²) in [6.07, 6.45) is -4.61. The Hall–Kier alpha value is -3.02. The number of hydrogen-bond donors (Lipinski definition) is 1. The molecule has 0 fully saturated rings. The highest BCUT2D eigenvalue weighted by Gasteiger charge is 2.51. The number of aromatic nitrogens is 2. The highest BCUT2D eigenvalue weighted by atomic mass is 19.4. The number of alkyl halides is 3. The van der Waals surface area contributed by atoms with Crippen LogP contribution in [0.2, 0.25) is 0 Å². The average Bonchev–Trinajstić information content (AvgIpc) is 2.96. The Morgan fingerprint density at radius 2 is 1.85 bits per heavy atom. The summed E-state index contributed by atoms with van der Waals surface area (Å²) in [4.78, 5) is 11.6. The average molecular weight is 380 g/mol. The fourth-order valence-electron chi connectivity index (χ4n) is 2.53. The summed E-state index contributed by atoms with van der Waals surface area (Å²) in [5.41, 5.74) is 4.38. The van der Waals surface area contributed by atoms with Crippen LogP contribution in [-0.2, 0) is 15.1 Å². The smallest absolute Gasteiger partial charge is 0.413 e. The van der Waals surface area contributed by atoms with Gasteiger partial charge in [-0.1, -0.05) is 24.3 Å². The molecule has 0 bridgehead atoms. The van der Waals surface area contributed by atoms with Crippen molar-refractivity contribution in [2.45, 2.75) is 38.4 Å². The van der Waals surface area contributed by atoms with Gasteiger partial charge in [-0.05, 0) is 26.3 Å². The number of carbonyl (C=O) groups is 1. The number of nitrogen functional groups attached to an aromatic ring is 1. The van der Waals surface area contributed by atoms with Crippen molar-refractivity contribution in [3.05, 3.63) is 35.4 Å². The molecule has 1 atom stereocenters. The first kappa shape index (κ1) is 20.3. The normalized spacial score (nSPS) is 13.1. The van der Waals surface area contributed by atoms with Gasteiger partial charge in [-0.25, -0.2) is 4.68 Å². The number of ether oxygens (including phenoxy) is 1. The van der Waals surface area contributed by atoms with Crippen molar-refractivity contribution >= 4 is 11.8 Å². The van der Waals surface area contributed by atoms with Crippen LogP contribution in [0, 0.1) is 11.3 Å². The maximum Gasteiger partial charge on any atom is 0.413 e. The van der Waals surface area contributed by atoms with Gasteiger partial charge in [-0.15, -0.1) is 0 Å². The molecule has 144 valence electrons. The van der Waals surface area contributed by atoms with E-state index >= 15 is 0 Å². The van der Waals surface area contributed by atoms with Gasteiger partial charge in [0.05, 0.1) is 13.0 Å². The standard InChI is InChI=1S/C18H19F3N4O2/c1-10(16(26)27-4)11-5-7-12(8-6-11)14-13(9-22)15(23)25(24-14)17(2,3)18(19,20)21/h5-8,10H,23H2,1-4H3. The number of rotatable bonds is 4. The maximum atomic E-state index is 13.4. The van der Waals surface area contributed by atoms with Gasteiger partial charge in [0.15, 0.2) is 5.54 Å². The first-order valence-corrected chi connectivity index (χ1v) is 7.99. The van der Waals surface area contributed by atoms with Crippen LogP contribution < -0.4 is 5.73 Å². The number of anilines is 1. The number of carbonyl (C=O) groups excluding carboxylic acids is 1. The number of methoxy groups -OCH3 is 1. The van der Waals surface area contributed by atoms with Crippen LogP contribution in [0.4, 0.5) is 19.0 Å². The fraction of sp³-hybridized carbons (Fsp3) is 0.389. The molecule has 27 heavy (non-hydrogen) atoms. The van der Waals surface area contributed by atoms with Gasteiger partial charge in [0.2, 0.25) is 0 Å². The highest BCUT2D eigenvalue weighted by Crippen LogP contribution is 2.40. The van der Waals surface area contributed by atoms with E-state index in [-0.39, 0.29) is 17.1 Å². The van der Waals surface area contributed by atoms with Gasteiger partial charge in [-0.2, -0.15) is 23.5 Å². The Morgan fingerprint density at radius 1 is 1.30 bits per heavy atom. The summed E-state index contributed by atoms with van der Waals surface area (Å²) in [6, 6.07) is 8.22. The van der Waals surface area contributed by atoms with Gasteiger partial charge in [0.1, 0.15) is 23.1 Å². The summed E-state index contributed by atoms with van der Waals surface area (Å²) >= 11 is 0. The minimum Gasteiger partial charge on any atom is -0.469 e. The van der Waals surface area contributed by atoms with Crippen molar-refractivity contribution < 1.29 is 22.7 Å². The second-order valence-corrected chi connectivity index (χ2v) is 6.56. The molecule has 0 saturated heterocycles. The second-order valence-electron chi connectivity index (χ2n) is 6.56. The lowest BCUT2D eigenvalue weighted by molar-refractivity contribution is -0.205. The number of nitrogens with two attached hydrogens (primary N) is 1. The van der Waals surface area contributed by atoms with Crippen molar-refractivity contribution in [2.75, 3.05) is 12.8 Å². The third kappa shape index (κ3) is 3.47. The van der Waals surface area contributed by atoms with Crippen LogP contribution in [0.5, 0.6) is 0 Å². The van der Waals surface area contributed by atoms with E-state index in [0.717, 1.165) is 13.8 Å². The lowest BCUT2D eigenvalue weighted by atomic mass is 9.98. The minimum absolute atomic E-state index is 0.0459. The molecule has 1 aromatic heterocycles. The van der Waals surface area contributed by atoms with Crippen molar-refractivity contribution in [2.24, 2.45) is 0 Å². The van der Waals surface area contributed by atoms with E-state index in [1.54, 1.807) is 31.2 Å².